The van der Waals surface area contributed by atoms with E-state index in [2.05, 4.69) is 32.6 Å². The van der Waals surface area contributed by atoms with Crippen molar-refractivity contribution < 1.29 is 9.78 Å². The monoisotopic (exact) mass is 198 g/mol. The summed E-state index contributed by atoms with van der Waals surface area (Å²) in [4.78, 5) is 10.1. The highest BCUT2D eigenvalue weighted by Crippen LogP contribution is 2.10. The van der Waals surface area contributed by atoms with Crippen LogP contribution in [0.3, 0.4) is 0 Å². The van der Waals surface area contributed by atoms with Crippen molar-refractivity contribution in [2.24, 2.45) is 5.41 Å². The van der Waals surface area contributed by atoms with Crippen molar-refractivity contribution in [3.05, 3.63) is 0 Å². The van der Waals surface area contributed by atoms with Gasteiger partial charge in [-0.25, -0.2) is 9.78 Å². The fraction of sp³-hybridized carbons (Fsp3) is 0.833. The Balaban J connectivity index is 3.52. The molecule has 0 saturated carbocycles. The molecule has 0 atom stereocenters. The molecule has 14 heavy (non-hydrogen) atoms. The molecule has 0 aromatic carbocycles. The van der Waals surface area contributed by atoms with Gasteiger partial charge in [-0.05, 0) is 41.5 Å². The smallest absolute Gasteiger partial charge is 0.0952 e. The Kier molecular flexibility index (Phi) is 5.18. The highest BCUT2D eigenvalue weighted by Gasteiger charge is 2.10. The van der Waals surface area contributed by atoms with Crippen molar-refractivity contribution in [2.75, 3.05) is 6.61 Å². The SMILES string of the molecule is CC(C)(C)C#CCCOOC(C)(C)C. The van der Waals surface area contributed by atoms with Crippen LogP contribution in [0.5, 0.6) is 0 Å². The quantitative estimate of drug-likeness (QED) is 0.300. The zero-order chi connectivity index (χ0) is 11.2. The van der Waals surface area contributed by atoms with E-state index in [0.717, 1.165) is 0 Å². The molecule has 0 heterocycles. The first-order chi connectivity index (χ1) is 6.21. The van der Waals surface area contributed by atoms with Gasteiger partial charge in [0.05, 0.1) is 12.2 Å². The van der Waals surface area contributed by atoms with Crippen LogP contribution < -0.4 is 0 Å². The first-order valence-corrected chi connectivity index (χ1v) is 5.01. The minimum absolute atomic E-state index is 0.0743. The average molecular weight is 198 g/mol. The molecule has 82 valence electrons. The van der Waals surface area contributed by atoms with E-state index in [-0.39, 0.29) is 11.0 Å². The Labute approximate surface area is 87.9 Å². The fourth-order valence-corrected chi connectivity index (χ4v) is 0.639. The third kappa shape index (κ3) is 11.5. The Morgan fingerprint density at radius 2 is 1.57 bits per heavy atom. The summed E-state index contributed by atoms with van der Waals surface area (Å²) in [6, 6.07) is 0. The van der Waals surface area contributed by atoms with Crippen LogP contribution in [-0.4, -0.2) is 12.2 Å². The van der Waals surface area contributed by atoms with Gasteiger partial charge in [0.1, 0.15) is 0 Å². The molecule has 0 amide bonds. The highest BCUT2D eigenvalue weighted by atomic mass is 17.2. The van der Waals surface area contributed by atoms with Crippen LogP contribution in [0.25, 0.3) is 0 Å². The molecular formula is C12H22O2. The van der Waals surface area contributed by atoms with Gasteiger partial charge in [0.15, 0.2) is 0 Å². The maximum Gasteiger partial charge on any atom is 0.0952 e. The summed E-state index contributed by atoms with van der Waals surface area (Å²) < 4.78 is 0. The van der Waals surface area contributed by atoms with Gasteiger partial charge in [-0.3, -0.25) is 0 Å². The van der Waals surface area contributed by atoms with Crippen LogP contribution in [0.1, 0.15) is 48.0 Å². The second-order valence-corrected chi connectivity index (χ2v) is 5.32. The van der Waals surface area contributed by atoms with Gasteiger partial charge in [-0.1, -0.05) is 5.92 Å². The Bertz CT molecular complexity index is 207. The molecule has 0 rings (SSSR count). The lowest BCUT2D eigenvalue weighted by molar-refractivity contribution is -0.347. The van der Waals surface area contributed by atoms with Crippen LogP contribution in [0.15, 0.2) is 0 Å². The highest BCUT2D eigenvalue weighted by molar-refractivity contribution is 5.06. The fourth-order valence-electron chi connectivity index (χ4n) is 0.639. The number of hydrogen-bond donors (Lipinski definition) is 0. The van der Waals surface area contributed by atoms with Crippen molar-refractivity contribution in [2.45, 2.75) is 53.6 Å². The molecule has 0 aliphatic carbocycles. The Morgan fingerprint density at radius 1 is 1.00 bits per heavy atom. The second-order valence-electron chi connectivity index (χ2n) is 5.32. The Morgan fingerprint density at radius 3 is 2.00 bits per heavy atom. The average Bonchev–Trinajstić information content (AvgIpc) is 1.92. The van der Waals surface area contributed by atoms with Crippen LogP contribution in [-0.2, 0) is 9.78 Å². The molecule has 0 aliphatic rings. The zero-order valence-electron chi connectivity index (χ0n) is 10.2. The van der Waals surface area contributed by atoms with Crippen LogP contribution >= 0.6 is 0 Å². The van der Waals surface area contributed by atoms with E-state index in [4.69, 9.17) is 9.78 Å². The third-order valence-electron chi connectivity index (χ3n) is 1.08. The largest absolute Gasteiger partial charge is 0.235 e. The van der Waals surface area contributed by atoms with Gasteiger partial charge in [0, 0.05) is 11.8 Å². The Hall–Kier alpha value is -0.520. The van der Waals surface area contributed by atoms with Gasteiger partial charge >= 0.3 is 0 Å². The maximum atomic E-state index is 5.09. The van der Waals surface area contributed by atoms with Crippen LogP contribution in [0, 0.1) is 17.3 Å². The van der Waals surface area contributed by atoms with Crippen molar-refractivity contribution >= 4 is 0 Å². The van der Waals surface area contributed by atoms with Crippen molar-refractivity contribution in [3.8, 4) is 11.8 Å². The summed E-state index contributed by atoms with van der Waals surface area (Å²) >= 11 is 0. The summed E-state index contributed by atoms with van der Waals surface area (Å²) in [6.07, 6.45) is 0.716. The molecule has 0 aromatic heterocycles. The molecule has 2 nitrogen and oxygen atoms in total. The second kappa shape index (κ2) is 5.38. The standard InChI is InChI=1S/C12H22O2/c1-11(2,3)9-7-8-10-13-14-12(4,5)6/h8,10H2,1-6H3. The molecular weight excluding hydrogens is 176 g/mol. The molecule has 0 fully saturated rings. The molecule has 0 aromatic rings. The summed E-state index contributed by atoms with van der Waals surface area (Å²) in [5, 5.41) is 0. The molecule has 0 unspecified atom stereocenters. The molecule has 0 saturated heterocycles. The van der Waals surface area contributed by atoms with E-state index in [0.29, 0.717) is 13.0 Å². The lowest BCUT2D eigenvalue weighted by Crippen LogP contribution is -2.19. The predicted molar refractivity (Wildman–Crippen MR) is 58.6 cm³/mol. The normalized spacial score (nSPS) is 12.1. The van der Waals surface area contributed by atoms with E-state index in [1.165, 1.54) is 0 Å². The first-order valence-electron chi connectivity index (χ1n) is 5.01. The lowest BCUT2D eigenvalue weighted by atomic mass is 9.98. The van der Waals surface area contributed by atoms with Gasteiger partial charge < -0.3 is 0 Å². The molecule has 0 radical (unpaired) electrons. The number of hydrogen-bond acceptors (Lipinski definition) is 2. The molecule has 0 spiro atoms. The van der Waals surface area contributed by atoms with E-state index >= 15 is 0 Å². The third-order valence-corrected chi connectivity index (χ3v) is 1.08. The van der Waals surface area contributed by atoms with Crippen molar-refractivity contribution in [1.82, 2.24) is 0 Å². The predicted octanol–water partition coefficient (Wildman–Crippen LogP) is 3.17. The zero-order valence-corrected chi connectivity index (χ0v) is 10.2. The first kappa shape index (κ1) is 13.5. The van der Waals surface area contributed by atoms with Crippen LogP contribution in [0.2, 0.25) is 0 Å². The summed E-state index contributed by atoms with van der Waals surface area (Å²) in [5.41, 5.74) is -0.164. The molecule has 0 aliphatic heterocycles. The maximum absolute atomic E-state index is 5.09. The number of rotatable bonds is 3. The molecule has 0 bridgehead atoms. The minimum Gasteiger partial charge on any atom is -0.235 e. The van der Waals surface area contributed by atoms with E-state index in [1.807, 2.05) is 20.8 Å². The van der Waals surface area contributed by atoms with Crippen LogP contribution in [0.4, 0.5) is 0 Å². The van der Waals surface area contributed by atoms with Crippen molar-refractivity contribution in [3.63, 3.8) is 0 Å². The van der Waals surface area contributed by atoms with Gasteiger partial charge in [-0.2, -0.15) is 0 Å². The van der Waals surface area contributed by atoms with E-state index in [1.54, 1.807) is 0 Å². The topological polar surface area (TPSA) is 18.5 Å². The molecule has 0 N–H and O–H groups in total. The van der Waals surface area contributed by atoms with Crippen molar-refractivity contribution in [1.29, 1.82) is 0 Å². The summed E-state index contributed by atoms with van der Waals surface area (Å²) in [7, 11) is 0. The summed E-state index contributed by atoms with van der Waals surface area (Å²) in [6.45, 7) is 12.7. The van der Waals surface area contributed by atoms with Gasteiger partial charge in [-0.15, -0.1) is 5.92 Å². The van der Waals surface area contributed by atoms with Gasteiger partial charge in [0.2, 0.25) is 0 Å². The lowest BCUT2D eigenvalue weighted by Gasteiger charge is -2.16. The molecule has 2 heteroatoms. The van der Waals surface area contributed by atoms with Gasteiger partial charge in [0.25, 0.3) is 0 Å². The summed E-state index contributed by atoms with van der Waals surface area (Å²) in [5.74, 6) is 6.19. The van der Waals surface area contributed by atoms with E-state index in [9.17, 15) is 0 Å². The minimum atomic E-state index is -0.239. The van der Waals surface area contributed by atoms with E-state index < -0.39 is 0 Å².